The first kappa shape index (κ1) is 11.0. The molecule has 2 rings (SSSR count). The first-order valence-corrected chi connectivity index (χ1v) is 5.55. The Hall–Kier alpha value is -1.55. The summed E-state index contributed by atoms with van der Waals surface area (Å²) in [6.07, 6.45) is 3.95. The quantitative estimate of drug-likeness (QED) is 0.837. The molecule has 2 aromatic heterocycles. The Morgan fingerprint density at radius 2 is 2.25 bits per heavy atom. The van der Waals surface area contributed by atoms with E-state index in [4.69, 9.17) is 4.42 Å². The SMILES string of the molecule is CCn1cc(CNCc2ccc(C)o2)cn1. The van der Waals surface area contributed by atoms with Gasteiger partial charge in [-0.25, -0.2) is 0 Å². The second-order valence-electron chi connectivity index (χ2n) is 3.82. The Balaban J connectivity index is 1.79. The summed E-state index contributed by atoms with van der Waals surface area (Å²) in [5.74, 6) is 1.93. The van der Waals surface area contributed by atoms with E-state index >= 15 is 0 Å². The molecule has 0 fully saturated rings. The third kappa shape index (κ3) is 2.73. The minimum Gasteiger partial charge on any atom is -0.465 e. The molecule has 0 spiro atoms. The van der Waals surface area contributed by atoms with Crippen molar-refractivity contribution in [3.63, 3.8) is 0 Å². The molecule has 0 unspecified atom stereocenters. The van der Waals surface area contributed by atoms with Gasteiger partial charge in [-0.2, -0.15) is 5.10 Å². The Kier molecular flexibility index (Phi) is 3.41. The molecule has 86 valence electrons. The highest BCUT2D eigenvalue weighted by Crippen LogP contribution is 2.06. The molecule has 0 atom stereocenters. The highest BCUT2D eigenvalue weighted by Gasteiger charge is 1.99. The molecule has 2 aromatic rings. The van der Waals surface area contributed by atoms with E-state index in [1.165, 1.54) is 5.56 Å². The smallest absolute Gasteiger partial charge is 0.117 e. The zero-order valence-electron chi connectivity index (χ0n) is 9.73. The molecular weight excluding hydrogens is 202 g/mol. The summed E-state index contributed by atoms with van der Waals surface area (Å²) in [5, 5.41) is 7.54. The van der Waals surface area contributed by atoms with Gasteiger partial charge in [0, 0.05) is 24.8 Å². The maximum atomic E-state index is 5.46. The molecular formula is C12H17N3O. The maximum Gasteiger partial charge on any atom is 0.117 e. The van der Waals surface area contributed by atoms with Crippen molar-refractivity contribution in [2.45, 2.75) is 33.5 Å². The van der Waals surface area contributed by atoms with Crippen LogP contribution in [-0.2, 0) is 19.6 Å². The summed E-state index contributed by atoms with van der Waals surface area (Å²) in [7, 11) is 0. The van der Waals surface area contributed by atoms with Crippen molar-refractivity contribution in [1.82, 2.24) is 15.1 Å². The number of furan rings is 1. The van der Waals surface area contributed by atoms with Crippen molar-refractivity contribution in [1.29, 1.82) is 0 Å². The van der Waals surface area contributed by atoms with Gasteiger partial charge < -0.3 is 9.73 Å². The standard InChI is InChI=1S/C12H17N3O/c1-3-15-9-11(7-14-15)6-13-8-12-5-4-10(2)16-12/h4-5,7,9,13H,3,6,8H2,1-2H3. The van der Waals surface area contributed by atoms with Gasteiger partial charge in [-0.3, -0.25) is 4.68 Å². The van der Waals surface area contributed by atoms with E-state index in [-0.39, 0.29) is 0 Å². The summed E-state index contributed by atoms with van der Waals surface area (Å²) >= 11 is 0. The van der Waals surface area contributed by atoms with Gasteiger partial charge in [-0.05, 0) is 26.0 Å². The van der Waals surface area contributed by atoms with Crippen LogP contribution in [0.2, 0.25) is 0 Å². The molecule has 0 aliphatic carbocycles. The highest BCUT2D eigenvalue weighted by atomic mass is 16.3. The van der Waals surface area contributed by atoms with Crippen LogP contribution in [0.3, 0.4) is 0 Å². The topological polar surface area (TPSA) is 43.0 Å². The van der Waals surface area contributed by atoms with Crippen LogP contribution in [0, 0.1) is 6.92 Å². The summed E-state index contributed by atoms with van der Waals surface area (Å²) in [6, 6.07) is 3.98. The molecule has 0 radical (unpaired) electrons. The highest BCUT2D eigenvalue weighted by molar-refractivity contribution is 5.06. The van der Waals surface area contributed by atoms with Gasteiger partial charge in [0.1, 0.15) is 11.5 Å². The van der Waals surface area contributed by atoms with Crippen LogP contribution in [0.25, 0.3) is 0 Å². The number of nitrogens with zero attached hydrogens (tertiary/aromatic N) is 2. The van der Waals surface area contributed by atoms with Crippen molar-refractivity contribution in [2.24, 2.45) is 0 Å². The lowest BCUT2D eigenvalue weighted by Gasteiger charge is -1.99. The number of rotatable bonds is 5. The Labute approximate surface area is 95.3 Å². The summed E-state index contributed by atoms with van der Waals surface area (Å²) in [5.41, 5.74) is 1.20. The normalized spacial score (nSPS) is 10.9. The van der Waals surface area contributed by atoms with E-state index in [2.05, 4.69) is 23.5 Å². The van der Waals surface area contributed by atoms with Crippen LogP contribution in [0.15, 0.2) is 28.9 Å². The molecule has 4 heteroatoms. The molecule has 0 aliphatic heterocycles. The van der Waals surface area contributed by atoms with Gasteiger partial charge in [-0.15, -0.1) is 0 Å². The number of nitrogens with one attached hydrogen (secondary N) is 1. The van der Waals surface area contributed by atoms with Crippen molar-refractivity contribution < 1.29 is 4.42 Å². The summed E-state index contributed by atoms with van der Waals surface area (Å²) in [6.45, 7) is 6.52. The predicted molar refractivity (Wildman–Crippen MR) is 61.9 cm³/mol. The van der Waals surface area contributed by atoms with Gasteiger partial charge in [0.2, 0.25) is 0 Å². The van der Waals surface area contributed by atoms with Crippen LogP contribution in [0.1, 0.15) is 24.0 Å². The third-order valence-electron chi connectivity index (χ3n) is 2.44. The van der Waals surface area contributed by atoms with Crippen LogP contribution in [0.5, 0.6) is 0 Å². The zero-order chi connectivity index (χ0) is 11.4. The van der Waals surface area contributed by atoms with Crippen LogP contribution in [-0.4, -0.2) is 9.78 Å². The van der Waals surface area contributed by atoms with Crippen molar-refractivity contribution in [3.8, 4) is 0 Å². The van der Waals surface area contributed by atoms with Crippen LogP contribution < -0.4 is 5.32 Å². The molecule has 0 aliphatic rings. The minimum absolute atomic E-state index is 0.755. The average Bonchev–Trinajstić information content (AvgIpc) is 2.88. The number of aryl methyl sites for hydroxylation is 2. The minimum atomic E-state index is 0.755. The molecule has 0 bridgehead atoms. The number of hydrogen-bond donors (Lipinski definition) is 1. The monoisotopic (exact) mass is 219 g/mol. The molecule has 0 amide bonds. The fraction of sp³-hybridized carbons (Fsp3) is 0.417. The number of aromatic nitrogens is 2. The second kappa shape index (κ2) is 4.99. The molecule has 16 heavy (non-hydrogen) atoms. The molecule has 0 aromatic carbocycles. The van der Waals surface area contributed by atoms with Crippen molar-refractivity contribution in [3.05, 3.63) is 41.6 Å². The fourth-order valence-corrected chi connectivity index (χ4v) is 1.58. The van der Waals surface area contributed by atoms with Gasteiger partial charge in [0.25, 0.3) is 0 Å². The lowest BCUT2D eigenvalue weighted by Crippen LogP contribution is -2.11. The Morgan fingerprint density at radius 1 is 1.38 bits per heavy atom. The van der Waals surface area contributed by atoms with E-state index < -0.39 is 0 Å². The largest absolute Gasteiger partial charge is 0.465 e. The van der Waals surface area contributed by atoms with Gasteiger partial charge >= 0.3 is 0 Å². The first-order valence-electron chi connectivity index (χ1n) is 5.55. The van der Waals surface area contributed by atoms with E-state index in [1.54, 1.807) is 0 Å². The van der Waals surface area contributed by atoms with Crippen molar-refractivity contribution in [2.75, 3.05) is 0 Å². The molecule has 1 N–H and O–H groups in total. The third-order valence-corrected chi connectivity index (χ3v) is 2.44. The van der Waals surface area contributed by atoms with E-state index in [0.717, 1.165) is 31.2 Å². The average molecular weight is 219 g/mol. The zero-order valence-corrected chi connectivity index (χ0v) is 9.73. The van der Waals surface area contributed by atoms with Gasteiger partial charge in [0.05, 0.1) is 12.7 Å². The molecule has 0 saturated heterocycles. The van der Waals surface area contributed by atoms with Gasteiger partial charge in [0.15, 0.2) is 0 Å². The predicted octanol–water partition coefficient (Wildman–Crippen LogP) is 2.09. The van der Waals surface area contributed by atoms with E-state index in [9.17, 15) is 0 Å². The lowest BCUT2D eigenvalue weighted by atomic mass is 10.3. The summed E-state index contributed by atoms with van der Waals surface area (Å²) in [4.78, 5) is 0. The Morgan fingerprint density at radius 3 is 2.88 bits per heavy atom. The second-order valence-corrected chi connectivity index (χ2v) is 3.82. The van der Waals surface area contributed by atoms with Crippen molar-refractivity contribution >= 4 is 0 Å². The van der Waals surface area contributed by atoms with Crippen LogP contribution >= 0.6 is 0 Å². The molecule has 2 heterocycles. The van der Waals surface area contributed by atoms with Gasteiger partial charge in [-0.1, -0.05) is 0 Å². The first-order chi connectivity index (χ1) is 7.78. The number of hydrogen-bond acceptors (Lipinski definition) is 3. The fourth-order valence-electron chi connectivity index (χ4n) is 1.58. The van der Waals surface area contributed by atoms with E-state index in [0.29, 0.717) is 0 Å². The molecule has 4 nitrogen and oxygen atoms in total. The maximum absolute atomic E-state index is 5.46. The Bertz CT molecular complexity index is 445. The summed E-state index contributed by atoms with van der Waals surface area (Å²) < 4.78 is 7.39. The van der Waals surface area contributed by atoms with Crippen LogP contribution in [0.4, 0.5) is 0 Å². The lowest BCUT2D eigenvalue weighted by molar-refractivity contribution is 0.461. The van der Waals surface area contributed by atoms with E-state index in [1.807, 2.05) is 29.9 Å². The molecule has 0 saturated carbocycles.